The van der Waals surface area contributed by atoms with Gasteiger partial charge in [-0.15, -0.1) is 0 Å². The maximum Gasteiger partial charge on any atom is 0.224 e. The van der Waals surface area contributed by atoms with E-state index in [9.17, 15) is 9.90 Å². The zero-order valence-corrected chi connectivity index (χ0v) is 25.5. The third-order valence-corrected chi connectivity index (χ3v) is 10.6. The number of carbonyl (C=O) groups excluding carboxylic acids is 1. The molecule has 2 aliphatic carbocycles. The molecule has 1 saturated heterocycles. The molecule has 1 spiro atoms. The van der Waals surface area contributed by atoms with Gasteiger partial charge in [-0.2, -0.15) is 0 Å². The van der Waals surface area contributed by atoms with Gasteiger partial charge < -0.3 is 20.5 Å². The average Bonchev–Trinajstić information content (AvgIpc) is 3.73. The Balaban J connectivity index is 1.15. The van der Waals surface area contributed by atoms with Crippen molar-refractivity contribution < 1.29 is 14.6 Å². The van der Waals surface area contributed by atoms with Crippen LogP contribution < -0.4 is 15.4 Å². The number of nitrogens with one attached hydrogen (secondary N) is 2. The molecular formula is C36H51N3O3. The smallest absolute Gasteiger partial charge is 0.224 e. The number of nitrogens with zero attached hydrogens (tertiary/aromatic N) is 1. The topological polar surface area (TPSA) is 73.8 Å². The van der Waals surface area contributed by atoms with Gasteiger partial charge in [0.05, 0.1) is 18.1 Å². The number of aryl methyl sites for hydroxylation is 1. The molecule has 2 saturated carbocycles. The van der Waals surface area contributed by atoms with Crippen molar-refractivity contribution in [3.63, 3.8) is 0 Å². The van der Waals surface area contributed by atoms with Crippen LogP contribution in [0, 0.1) is 5.92 Å². The van der Waals surface area contributed by atoms with E-state index in [2.05, 4.69) is 52.8 Å². The maximum absolute atomic E-state index is 13.7. The fourth-order valence-electron chi connectivity index (χ4n) is 8.13. The molecule has 3 fully saturated rings. The van der Waals surface area contributed by atoms with Crippen LogP contribution in [-0.4, -0.2) is 59.3 Å². The lowest BCUT2D eigenvalue weighted by molar-refractivity contribution is -0.128. The van der Waals surface area contributed by atoms with Gasteiger partial charge >= 0.3 is 0 Å². The highest BCUT2D eigenvalue weighted by atomic mass is 16.5. The van der Waals surface area contributed by atoms with E-state index in [0.29, 0.717) is 19.0 Å². The first kappa shape index (κ1) is 29.7. The van der Waals surface area contributed by atoms with Gasteiger partial charge in [0, 0.05) is 37.2 Å². The van der Waals surface area contributed by atoms with Crippen molar-refractivity contribution in [1.29, 1.82) is 0 Å². The van der Waals surface area contributed by atoms with Crippen LogP contribution in [0.5, 0.6) is 5.75 Å². The summed E-state index contributed by atoms with van der Waals surface area (Å²) < 4.78 is 6.65. The predicted octanol–water partition coefficient (Wildman–Crippen LogP) is 5.72. The number of benzene rings is 2. The summed E-state index contributed by atoms with van der Waals surface area (Å²) in [4.78, 5) is 16.3. The minimum absolute atomic E-state index is 0.00478. The average molecular weight is 574 g/mol. The quantitative estimate of drug-likeness (QED) is 0.339. The van der Waals surface area contributed by atoms with Crippen LogP contribution in [0.25, 0.3) is 0 Å². The Morgan fingerprint density at radius 1 is 1.02 bits per heavy atom. The highest BCUT2D eigenvalue weighted by molar-refractivity contribution is 5.79. The first-order valence-corrected chi connectivity index (χ1v) is 16.8. The first-order chi connectivity index (χ1) is 20.5. The summed E-state index contributed by atoms with van der Waals surface area (Å²) in [6.07, 6.45) is 13.6. The molecule has 3 N–H and O–H groups in total. The Hall–Kier alpha value is -2.41. The highest BCUT2D eigenvalue weighted by Crippen LogP contribution is 2.47. The highest BCUT2D eigenvalue weighted by Gasteiger charge is 2.43. The number of hydrogen-bond acceptors (Lipinski definition) is 5. The van der Waals surface area contributed by atoms with Crippen LogP contribution in [0.4, 0.5) is 0 Å². The van der Waals surface area contributed by atoms with E-state index in [0.717, 1.165) is 62.9 Å². The monoisotopic (exact) mass is 573 g/mol. The van der Waals surface area contributed by atoms with E-state index in [1.54, 1.807) is 0 Å². The van der Waals surface area contributed by atoms with Crippen molar-refractivity contribution in [3.05, 3.63) is 65.2 Å². The van der Waals surface area contributed by atoms with E-state index in [4.69, 9.17) is 4.74 Å². The maximum atomic E-state index is 13.7. The van der Waals surface area contributed by atoms with Crippen LogP contribution in [0.2, 0.25) is 0 Å². The second-order valence-corrected chi connectivity index (χ2v) is 13.5. The summed E-state index contributed by atoms with van der Waals surface area (Å²) in [5.74, 6) is 1.09. The van der Waals surface area contributed by atoms with Gasteiger partial charge in [0.15, 0.2) is 0 Å². The van der Waals surface area contributed by atoms with Gasteiger partial charge in [-0.25, -0.2) is 0 Å². The first-order valence-electron chi connectivity index (χ1n) is 16.8. The second kappa shape index (κ2) is 13.5. The molecule has 2 aromatic carbocycles. The Morgan fingerprint density at radius 2 is 1.81 bits per heavy atom. The number of fused-ring (bicyclic) bond motifs is 1. The van der Waals surface area contributed by atoms with Crippen LogP contribution in [0.15, 0.2) is 48.5 Å². The molecule has 4 atom stereocenters. The lowest BCUT2D eigenvalue weighted by atomic mass is 9.85. The summed E-state index contributed by atoms with van der Waals surface area (Å²) in [7, 11) is 0. The number of rotatable bonds is 10. The summed E-state index contributed by atoms with van der Waals surface area (Å²) >= 11 is 0. The van der Waals surface area contributed by atoms with Crippen molar-refractivity contribution in [2.75, 3.05) is 19.6 Å². The van der Waals surface area contributed by atoms with E-state index < -0.39 is 6.10 Å². The molecule has 6 nitrogen and oxygen atoms in total. The Kier molecular flexibility index (Phi) is 9.52. The molecule has 0 radical (unpaired) electrons. The molecule has 1 amide bonds. The van der Waals surface area contributed by atoms with E-state index in [1.165, 1.54) is 49.7 Å². The molecular weight excluding hydrogens is 522 g/mol. The predicted molar refractivity (Wildman–Crippen MR) is 168 cm³/mol. The molecule has 228 valence electrons. The standard InChI is InChI=1S/C36H51N3O3/c1-2-26-16-17-34-30(21-26)32(23-36(42-34)18-8-9-19-36)37-24-33(40)31(22-27-11-4-3-5-12-27)38-35(41)28-13-10-20-39(25-28)29-14-6-7-15-29/h3-5,11-12,16-17,21,28-29,31-33,37,40H,2,6-10,13-15,18-20,22-25H2,1H3,(H,38,41)/t28?,31-,32-,33+/m0/s1. The molecule has 2 aromatic rings. The van der Waals surface area contributed by atoms with Crippen molar-refractivity contribution in [2.24, 2.45) is 5.92 Å². The van der Waals surface area contributed by atoms with Gasteiger partial charge in [0.1, 0.15) is 11.4 Å². The zero-order chi connectivity index (χ0) is 28.9. The van der Waals surface area contributed by atoms with Crippen LogP contribution in [0.1, 0.15) is 100 Å². The Labute approximate surface area is 252 Å². The summed E-state index contributed by atoms with van der Waals surface area (Å²) in [6, 6.07) is 17.3. The van der Waals surface area contributed by atoms with Crippen LogP contribution in [-0.2, 0) is 17.6 Å². The number of likely N-dealkylation sites (tertiary alicyclic amines) is 1. The Bertz CT molecular complexity index is 1170. The molecule has 6 rings (SSSR count). The number of aliphatic hydroxyl groups is 1. The number of aliphatic hydroxyl groups excluding tert-OH is 1. The molecule has 42 heavy (non-hydrogen) atoms. The van der Waals surface area contributed by atoms with Gasteiger partial charge in [-0.1, -0.05) is 62.2 Å². The Morgan fingerprint density at radius 3 is 2.57 bits per heavy atom. The third kappa shape index (κ3) is 6.87. The van der Waals surface area contributed by atoms with E-state index in [-0.39, 0.29) is 29.5 Å². The zero-order valence-electron chi connectivity index (χ0n) is 25.5. The molecule has 2 aliphatic heterocycles. The van der Waals surface area contributed by atoms with Gasteiger partial charge in [-0.05, 0) is 87.9 Å². The number of piperidine rings is 1. The number of ether oxygens (including phenoxy) is 1. The molecule has 0 aromatic heterocycles. The van der Waals surface area contributed by atoms with Crippen molar-refractivity contribution in [2.45, 2.75) is 120 Å². The van der Waals surface area contributed by atoms with Crippen molar-refractivity contribution >= 4 is 5.91 Å². The molecule has 0 bridgehead atoms. The van der Waals surface area contributed by atoms with Gasteiger partial charge in [0.25, 0.3) is 0 Å². The molecule has 6 heteroatoms. The second-order valence-electron chi connectivity index (χ2n) is 13.5. The van der Waals surface area contributed by atoms with Crippen molar-refractivity contribution in [3.8, 4) is 5.75 Å². The van der Waals surface area contributed by atoms with Crippen molar-refractivity contribution in [1.82, 2.24) is 15.5 Å². The normalized spacial score (nSPS) is 25.6. The third-order valence-electron chi connectivity index (χ3n) is 10.6. The SMILES string of the molecule is CCc1ccc2c(c1)[C@@H](NC[C@@H](O)[C@H](Cc1ccccc1)NC(=O)C1CCCN(C3CCCC3)C1)CC1(CCCC1)O2. The van der Waals surface area contributed by atoms with Crippen LogP contribution >= 0.6 is 0 Å². The lowest BCUT2D eigenvalue weighted by Crippen LogP contribution is -2.53. The van der Waals surface area contributed by atoms with E-state index in [1.807, 2.05) is 18.2 Å². The fourth-order valence-corrected chi connectivity index (χ4v) is 8.13. The molecule has 1 unspecified atom stereocenters. The number of carbonyl (C=O) groups is 1. The summed E-state index contributed by atoms with van der Waals surface area (Å²) in [6.45, 7) is 4.57. The van der Waals surface area contributed by atoms with Crippen LogP contribution in [0.3, 0.4) is 0 Å². The minimum atomic E-state index is -0.705. The van der Waals surface area contributed by atoms with Gasteiger partial charge in [0.2, 0.25) is 5.91 Å². The summed E-state index contributed by atoms with van der Waals surface area (Å²) in [5.41, 5.74) is 3.54. The fraction of sp³-hybridized carbons (Fsp3) is 0.639. The molecule has 2 heterocycles. The number of amides is 1. The van der Waals surface area contributed by atoms with E-state index >= 15 is 0 Å². The minimum Gasteiger partial charge on any atom is -0.487 e. The summed E-state index contributed by atoms with van der Waals surface area (Å²) in [5, 5.41) is 18.8. The van der Waals surface area contributed by atoms with Gasteiger partial charge in [-0.3, -0.25) is 9.69 Å². The molecule has 4 aliphatic rings. The number of hydrogen-bond donors (Lipinski definition) is 3. The lowest BCUT2D eigenvalue weighted by Gasteiger charge is -2.41. The largest absolute Gasteiger partial charge is 0.487 e.